The average Bonchev–Trinajstić information content (AvgIpc) is 2.91. The van der Waals surface area contributed by atoms with E-state index in [0.29, 0.717) is 18.9 Å². The van der Waals surface area contributed by atoms with Gasteiger partial charge < -0.3 is 15.0 Å². The van der Waals surface area contributed by atoms with Crippen LogP contribution in [-0.2, 0) is 25.3 Å². The van der Waals surface area contributed by atoms with Gasteiger partial charge in [0.1, 0.15) is 12.1 Å². The quantitative estimate of drug-likeness (QED) is 0.501. The van der Waals surface area contributed by atoms with Crippen molar-refractivity contribution in [3.63, 3.8) is 0 Å². The molecule has 33 heavy (non-hydrogen) atoms. The molecule has 1 heterocycles. The Kier molecular flexibility index (Phi) is 6.92. The van der Waals surface area contributed by atoms with Gasteiger partial charge in [0.25, 0.3) is 11.8 Å². The summed E-state index contributed by atoms with van der Waals surface area (Å²) in [5.74, 6) is -2.54. The zero-order valence-corrected chi connectivity index (χ0v) is 18.8. The van der Waals surface area contributed by atoms with Crippen molar-refractivity contribution in [3.8, 4) is 0 Å². The molecule has 1 atom stereocenters. The van der Waals surface area contributed by atoms with Crippen molar-refractivity contribution in [2.24, 2.45) is 0 Å². The normalized spacial score (nSPS) is 19.1. The molecule has 2 fully saturated rings. The van der Waals surface area contributed by atoms with E-state index in [1.54, 1.807) is 0 Å². The second-order valence-electron chi connectivity index (χ2n) is 8.13. The summed E-state index contributed by atoms with van der Waals surface area (Å²) in [6.07, 6.45) is -2.74. The van der Waals surface area contributed by atoms with Crippen molar-refractivity contribution in [1.29, 1.82) is 0 Å². The van der Waals surface area contributed by atoms with Crippen LogP contribution < -0.4 is 5.32 Å². The molecule has 1 aliphatic heterocycles. The molecule has 0 radical (unpaired) electrons. The number of nitrogens with one attached hydrogen (secondary N) is 1. The van der Waals surface area contributed by atoms with Gasteiger partial charge in [-0.25, -0.2) is 4.79 Å². The number of imide groups is 1. The van der Waals surface area contributed by atoms with Crippen molar-refractivity contribution in [3.05, 3.63) is 28.8 Å². The average molecular weight is 490 g/mol. The van der Waals surface area contributed by atoms with E-state index in [-0.39, 0.29) is 5.02 Å². The number of urea groups is 1. The summed E-state index contributed by atoms with van der Waals surface area (Å²) in [5, 5.41) is 1.90. The Morgan fingerprint density at radius 2 is 1.85 bits per heavy atom. The van der Waals surface area contributed by atoms with E-state index in [2.05, 4.69) is 5.32 Å². The maximum Gasteiger partial charge on any atom is 0.418 e. The number of hydrogen-bond donors (Lipinski definition) is 1. The minimum atomic E-state index is -4.77. The van der Waals surface area contributed by atoms with Crippen LogP contribution in [0.1, 0.15) is 44.6 Å². The van der Waals surface area contributed by atoms with E-state index in [9.17, 15) is 32.3 Å². The largest absolute Gasteiger partial charge is 0.451 e. The van der Waals surface area contributed by atoms with Gasteiger partial charge in [-0.2, -0.15) is 13.2 Å². The Hall–Kier alpha value is -2.82. The van der Waals surface area contributed by atoms with E-state index in [0.717, 1.165) is 30.2 Å². The number of halogens is 4. The van der Waals surface area contributed by atoms with Crippen LogP contribution in [0.5, 0.6) is 0 Å². The minimum absolute atomic E-state index is 0.166. The minimum Gasteiger partial charge on any atom is -0.451 e. The SMILES string of the molecule is CC(OC(=O)CN1C(=O)N(C)C2(CCCCC2)C1=O)C(=O)Nc1ccc(Cl)cc1C(F)(F)F. The van der Waals surface area contributed by atoms with Crippen molar-refractivity contribution in [2.75, 3.05) is 18.9 Å². The third-order valence-corrected chi connectivity index (χ3v) is 6.23. The van der Waals surface area contributed by atoms with Crippen LogP contribution in [0.3, 0.4) is 0 Å². The molecular weight excluding hydrogens is 467 g/mol. The Balaban J connectivity index is 1.64. The molecule has 0 aromatic heterocycles. The summed E-state index contributed by atoms with van der Waals surface area (Å²) in [4.78, 5) is 52.3. The first-order valence-electron chi connectivity index (χ1n) is 10.3. The summed E-state index contributed by atoms with van der Waals surface area (Å²) < 4.78 is 44.6. The number of nitrogens with zero attached hydrogens (tertiary/aromatic N) is 2. The third-order valence-electron chi connectivity index (χ3n) is 5.99. The first-order valence-corrected chi connectivity index (χ1v) is 10.7. The zero-order chi connectivity index (χ0) is 24.6. The van der Waals surface area contributed by atoms with Gasteiger partial charge in [0.15, 0.2) is 6.10 Å². The van der Waals surface area contributed by atoms with E-state index < -0.39 is 59.4 Å². The number of esters is 1. The maximum atomic E-state index is 13.2. The molecule has 1 saturated heterocycles. The van der Waals surface area contributed by atoms with Crippen molar-refractivity contribution >= 4 is 41.1 Å². The molecule has 12 heteroatoms. The fraction of sp³-hybridized carbons (Fsp3) is 0.524. The molecule has 1 spiro atoms. The van der Waals surface area contributed by atoms with Crippen molar-refractivity contribution in [1.82, 2.24) is 9.80 Å². The van der Waals surface area contributed by atoms with E-state index in [4.69, 9.17) is 16.3 Å². The second-order valence-corrected chi connectivity index (χ2v) is 8.57. The fourth-order valence-corrected chi connectivity index (χ4v) is 4.35. The van der Waals surface area contributed by atoms with Gasteiger partial charge in [0.2, 0.25) is 0 Å². The molecule has 1 aliphatic carbocycles. The Bertz CT molecular complexity index is 978. The van der Waals surface area contributed by atoms with Crippen LogP contribution in [0.15, 0.2) is 18.2 Å². The Morgan fingerprint density at radius 3 is 2.45 bits per heavy atom. The molecule has 180 valence electrons. The Labute approximate surface area is 193 Å². The molecule has 1 aromatic rings. The number of benzene rings is 1. The lowest BCUT2D eigenvalue weighted by molar-refractivity contribution is -0.155. The highest BCUT2D eigenvalue weighted by Gasteiger charge is 2.56. The number of likely N-dealkylation sites (N-methyl/N-ethyl adjacent to an activating group) is 1. The predicted octanol–water partition coefficient (Wildman–Crippen LogP) is 3.83. The molecule has 4 amide bonds. The molecule has 1 unspecified atom stereocenters. The lowest BCUT2D eigenvalue weighted by Crippen LogP contribution is -2.49. The maximum absolute atomic E-state index is 13.2. The number of carbonyl (C=O) groups excluding carboxylic acids is 4. The molecule has 8 nitrogen and oxygen atoms in total. The number of hydrogen-bond acceptors (Lipinski definition) is 5. The highest BCUT2D eigenvalue weighted by atomic mass is 35.5. The van der Waals surface area contributed by atoms with Crippen LogP contribution in [0.4, 0.5) is 23.7 Å². The van der Waals surface area contributed by atoms with Gasteiger partial charge in [-0.05, 0) is 38.0 Å². The second kappa shape index (κ2) is 9.20. The van der Waals surface area contributed by atoms with Crippen LogP contribution in [-0.4, -0.2) is 58.8 Å². The number of alkyl halides is 3. The van der Waals surface area contributed by atoms with E-state index in [1.165, 1.54) is 24.9 Å². The third kappa shape index (κ3) is 4.92. The monoisotopic (exact) mass is 489 g/mol. The number of rotatable bonds is 5. The number of amides is 4. The Morgan fingerprint density at radius 1 is 1.21 bits per heavy atom. The lowest BCUT2D eigenvalue weighted by Gasteiger charge is -2.35. The van der Waals surface area contributed by atoms with Gasteiger partial charge in [0.05, 0.1) is 11.3 Å². The number of carbonyl (C=O) groups is 4. The number of ether oxygens (including phenoxy) is 1. The summed E-state index contributed by atoms with van der Waals surface area (Å²) in [6, 6.07) is 2.19. The summed E-state index contributed by atoms with van der Waals surface area (Å²) in [5.41, 5.74) is -2.68. The van der Waals surface area contributed by atoms with Crippen molar-refractivity contribution < 1.29 is 37.1 Å². The van der Waals surface area contributed by atoms with Gasteiger partial charge in [-0.3, -0.25) is 19.3 Å². The lowest BCUT2D eigenvalue weighted by atomic mass is 9.81. The van der Waals surface area contributed by atoms with Gasteiger partial charge >= 0.3 is 18.2 Å². The first-order chi connectivity index (χ1) is 15.4. The highest BCUT2D eigenvalue weighted by molar-refractivity contribution is 6.30. The van der Waals surface area contributed by atoms with Crippen LogP contribution >= 0.6 is 11.6 Å². The predicted molar refractivity (Wildman–Crippen MR) is 111 cm³/mol. The van der Waals surface area contributed by atoms with E-state index >= 15 is 0 Å². The van der Waals surface area contributed by atoms with E-state index in [1.807, 2.05) is 0 Å². The van der Waals surface area contributed by atoms with Crippen LogP contribution in [0.25, 0.3) is 0 Å². The molecular formula is C21H23ClF3N3O5. The smallest absolute Gasteiger partial charge is 0.418 e. The standard InChI is InChI=1S/C21H23ClF3N3O5/c1-12(17(30)26-15-7-6-13(22)10-14(15)21(23,24)25)33-16(29)11-28-18(31)20(27(2)19(28)32)8-4-3-5-9-20/h6-7,10,12H,3-5,8-9,11H2,1-2H3,(H,26,30). The topological polar surface area (TPSA) is 96.0 Å². The van der Waals surface area contributed by atoms with Crippen LogP contribution in [0, 0.1) is 0 Å². The van der Waals surface area contributed by atoms with Gasteiger partial charge in [0, 0.05) is 12.1 Å². The summed E-state index contributed by atoms with van der Waals surface area (Å²) in [7, 11) is 1.51. The first kappa shape index (κ1) is 24.8. The summed E-state index contributed by atoms with van der Waals surface area (Å²) in [6.45, 7) is 0.467. The highest BCUT2D eigenvalue weighted by Crippen LogP contribution is 2.39. The molecule has 2 aliphatic rings. The fourth-order valence-electron chi connectivity index (χ4n) is 4.18. The van der Waals surface area contributed by atoms with Crippen molar-refractivity contribution in [2.45, 2.75) is 56.8 Å². The molecule has 1 aromatic carbocycles. The van der Waals surface area contributed by atoms with Gasteiger partial charge in [-0.1, -0.05) is 30.9 Å². The number of anilines is 1. The summed E-state index contributed by atoms with van der Waals surface area (Å²) >= 11 is 5.61. The van der Waals surface area contributed by atoms with Gasteiger partial charge in [-0.15, -0.1) is 0 Å². The molecule has 0 bridgehead atoms. The van der Waals surface area contributed by atoms with Crippen LogP contribution in [0.2, 0.25) is 5.02 Å². The molecule has 1 N–H and O–H groups in total. The molecule has 3 rings (SSSR count). The molecule has 1 saturated carbocycles. The zero-order valence-electron chi connectivity index (χ0n) is 18.0.